The molecule has 11 aromatic rings. The van der Waals surface area contributed by atoms with E-state index in [1.165, 1.54) is 99.4 Å². The van der Waals surface area contributed by atoms with E-state index in [0.29, 0.717) is 71.8 Å². The van der Waals surface area contributed by atoms with Crippen molar-refractivity contribution in [2.75, 3.05) is 19.6 Å². The summed E-state index contributed by atoms with van der Waals surface area (Å²) >= 11 is 0. The zero-order chi connectivity index (χ0) is 108. The monoisotopic (exact) mass is 2060 g/mol. The van der Waals surface area contributed by atoms with Gasteiger partial charge in [0.25, 0.3) is 0 Å². The number of fused-ring (bicyclic) bond motifs is 4. The van der Waals surface area contributed by atoms with E-state index < -0.39 is 255 Å². The Bertz CT molecular complexity index is 6940. The number of aromatic hydroxyl groups is 3. The van der Waals surface area contributed by atoms with Gasteiger partial charge in [0.15, 0.2) is 11.9 Å². The van der Waals surface area contributed by atoms with Crippen molar-refractivity contribution in [2.45, 2.75) is 188 Å². The van der Waals surface area contributed by atoms with Crippen molar-refractivity contribution < 1.29 is 119 Å². The standard InChI is InChI=1S/C103H115N23O24/c1-53-102(148)126-34-14-24-81(126)100(146)123-79(45-85(133)109-50-86(134)114-77(43-83(104)131)97(143)119-75(40-60-47-108-69-23-12-10-20-66(60)69)96(142)121-76(42-62-49-106-52-112-62)90(136)111-51-87(135)125-88(54(2)127)101(147)113-53)99(145)120-74(39-59-46-107-68-22-11-9-19-65(59)68)95(141)117-70(35-55-15-5-3-6-16-55)91(137)115-71(36-56-17-7-4-8-18-56)93(139)122-78(44-84(105)132)98(144)118-72(37-57-26-30-63(128)31-27-57)92(138)116-73(38-58-28-32-64(129)33-29-58)94(140)124-80(103(149)150)41-61-48-110-89-67(61)21-13-25-82(89)130/h3-13,15-23,25-33,46-49,52-54,70-81,88,107-108,110,127-130H,14,24,34-45,50-51H2,1-2H3,(H2,104,131)(H2,105,132)(H,106,112)(H,109,133)(H,111,136)(H,113,147)(H,114,134)(H,115,137)(H,116,138)(H,117,141)(H,118,144)(H,119,143)(H,120,145)(H,121,142)(H,122,139)(H,123,146)(H,124,140)(H,125,135)(H,149,150)/t53-,54+,70-,71-,72-,73-,74-,75-,76-,77-,78-,79-,80-,81-,88-/m0/s1. The Kier molecular flexibility index (Phi) is 37.0. The lowest BCUT2D eigenvalue weighted by molar-refractivity contribution is -0.142. The van der Waals surface area contributed by atoms with E-state index in [1.54, 1.807) is 121 Å². The van der Waals surface area contributed by atoms with Crippen LogP contribution >= 0.6 is 0 Å². The molecule has 0 saturated carbocycles. The highest BCUT2D eigenvalue weighted by atomic mass is 16.4. The van der Waals surface area contributed by atoms with Crippen molar-refractivity contribution in [1.82, 2.24) is 67.0 Å². The van der Waals surface area contributed by atoms with Gasteiger partial charge in [-0.25, -0.2) is 49.7 Å². The van der Waals surface area contributed by atoms with Gasteiger partial charge in [0, 0.05) is 116 Å². The average Bonchev–Trinajstić information content (AvgIpc) is 1.63. The molecule has 786 valence electrons. The van der Waals surface area contributed by atoms with Crippen LogP contribution in [-0.2, 0) is 104 Å². The summed E-state index contributed by atoms with van der Waals surface area (Å²) in [6.07, 6.45) is -0.170. The molecule has 0 aliphatic carbocycles. The maximum absolute atomic E-state index is 15.9. The summed E-state index contributed by atoms with van der Waals surface area (Å²) in [5, 5.41) is 167. The van der Waals surface area contributed by atoms with Crippen LogP contribution in [0.4, 0.5) is 0 Å². The first-order valence-electron chi connectivity index (χ1n) is 47.8. The fourth-order valence-electron chi connectivity index (χ4n) is 17.3. The number of phenols is 3. The van der Waals surface area contributed by atoms with Crippen molar-refractivity contribution >= 4 is 145 Å². The number of rotatable bonds is 36. The number of H-pyrrole nitrogens is 4. The van der Waals surface area contributed by atoms with Crippen LogP contribution in [0.2, 0.25) is 0 Å². The number of primary amides is 2. The number of aliphatic hydroxyl groups is 9. The zero-order valence-electron chi connectivity index (χ0n) is 81.0. The number of phenolic OH excluding ortho intramolecular Hbond substituents is 3. The molecule has 0 radical (unpaired) electrons. The molecule has 2 aliphatic heterocycles. The van der Waals surface area contributed by atoms with Gasteiger partial charge in [-0.1, -0.05) is 133 Å². The predicted octanol–water partition coefficient (Wildman–Crippen LogP) is 4.10. The van der Waals surface area contributed by atoms with Crippen LogP contribution < -0.4 is 48.7 Å². The highest BCUT2D eigenvalue weighted by Crippen LogP contribution is 2.30. The van der Waals surface area contributed by atoms with E-state index in [1.807, 2.05) is 0 Å². The van der Waals surface area contributed by atoms with Gasteiger partial charge in [-0.15, -0.1) is 0 Å². The minimum atomic E-state index is -2.13. The molecule has 150 heavy (non-hydrogen) atoms. The van der Waals surface area contributed by atoms with Gasteiger partial charge in [-0.05, 0) is 108 Å². The van der Waals surface area contributed by atoms with Crippen LogP contribution in [0.25, 0.3) is 32.7 Å². The highest BCUT2D eigenvalue weighted by molar-refractivity contribution is 6.03. The number of carboxylic acids is 1. The number of hydrogen-bond donors (Lipinski definition) is 26. The van der Waals surface area contributed by atoms with Crippen LogP contribution in [0, 0.1) is 0 Å². The third-order valence-electron chi connectivity index (χ3n) is 24.9. The second kappa shape index (κ2) is 50.9. The molecule has 0 unspecified atom stereocenters. The molecule has 1 saturated heterocycles. The fourth-order valence-corrected chi connectivity index (χ4v) is 17.3. The summed E-state index contributed by atoms with van der Waals surface area (Å²) in [4.78, 5) is 212. The second-order valence-corrected chi connectivity index (χ2v) is 36.1. The van der Waals surface area contributed by atoms with Crippen LogP contribution in [0.5, 0.6) is 17.2 Å². The number of carboxylic acid groups (broad SMARTS) is 1. The number of nitrogens with zero attached hydrogens (tertiary/aromatic N) is 10. The average molecular weight is 2060 g/mol. The number of para-hydroxylation sites is 3. The normalized spacial score (nSPS) is 19.0. The SMILES string of the molecule is C[C@@H]1N=C(O)[C@H]([C@@H](C)O)N=C(O)CN=C(O)[C@H](Cc2cnc[nH]2)N=C(O)[C@H](Cc2c[nH]c3ccccc23)N=C(O)[C@H](CC(N)=O)N=C(O)CN=C(O)C[C@@H](C(=O)N[C@@H](Cc2c[nH]c3ccccc23)C(=O)N[C@@H](Cc2ccccc2)C(=O)N[C@@H](Cc2ccccc2)C(=O)N[C@@H](CC(N)=O)C(=O)N[C@@H](Cc2ccc(O)cc2)C(=O)N[C@@H](Cc2ccc(O)cc2)C(=O)N[C@@H](Cc2c[nH]c3c(O)cccc23)C(=O)O)N=C(O)[C@@H]2CCCN2C1=O. The molecule has 4 aromatic heterocycles. The van der Waals surface area contributed by atoms with Gasteiger partial charge in [-0.3, -0.25) is 47.9 Å². The molecule has 1 fully saturated rings. The lowest BCUT2D eigenvalue weighted by atomic mass is 10.00. The molecule has 7 aromatic carbocycles. The largest absolute Gasteiger partial charge is 0.508 e. The summed E-state index contributed by atoms with van der Waals surface area (Å²) in [5.41, 5.74) is 16.0. The number of carbonyl (C=O) groups is 11. The number of hydrogen-bond acceptors (Lipinski definition) is 24. The molecule has 2 aliphatic rings. The van der Waals surface area contributed by atoms with Crippen LogP contribution in [-0.4, -0.2) is 319 Å². The van der Waals surface area contributed by atoms with E-state index in [4.69, 9.17) is 11.5 Å². The molecule has 47 heteroatoms. The number of nitrogens with two attached hydrogens (primary N) is 2. The molecule has 28 N–H and O–H groups in total. The number of aliphatic carboxylic acids is 1. The number of benzene rings is 7. The molecule has 10 amide bonds. The smallest absolute Gasteiger partial charge is 0.326 e. The van der Waals surface area contributed by atoms with Crippen LogP contribution in [0.15, 0.2) is 247 Å². The van der Waals surface area contributed by atoms with E-state index in [0.717, 1.165) is 4.90 Å². The van der Waals surface area contributed by atoms with E-state index in [9.17, 15) is 90.4 Å². The minimum absolute atomic E-state index is 0.0667. The van der Waals surface area contributed by atoms with Crippen molar-refractivity contribution in [3.8, 4) is 17.2 Å². The van der Waals surface area contributed by atoms with Crippen molar-refractivity contribution in [3.05, 3.63) is 252 Å². The van der Waals surface area contributed by atoms with E-state index in [-0.39, 0.29) is 74.3 Å². The Morgan fingerprint density at radius 3 is 1.43 bits per heavy atom. The summed E-state index contributed by atoms with van der Waals surface area (Å²) < 4.78 is 0. The fraction of sp³-hybridized carbons (Fsp3) is 0.320. The topological polar surface area (TPSA) is 765 Å². The number of carbonyl (C=O) groups excluding carboxylic acids is 10. The van der Waals surface area contributed by atoms with Gasteiger partial charge in [-0.2, -0.15) is 0 Å². The lowest BCUT2D eigenvalue weighted by Gasteiger charge is -2.28. The van der Waals surface area contributed by atoms with E-state index >= 15 is 28.8 Å². The van der Waals surface area contributed by atoms with Crippen molar-refractivity contribution in [2.24, 2.45) is 51.4 Å². The first kappa shape index (κ1) is 109. The lowest BCUT2D eigenvalue weighted by Crippen LogP contribution is -2.61. The molecule has 0 bridgehead atoms. The third-order valence-corrected chi connectivity index (χ3v) is 24.9. The second-order valence-electron chi connectivity index (χ2n) is 36.1. The molecular weight excluding hydrogens is 1940 g/mol. The molecule has 13 rings (SSSR count). The summed E-state index contributed by atoms with van der Waals surface area (Å²) in [6, 6.07) is 20.8. The minimum Gasteiger partial charge on any atom is -0.508 e. The number of aliphatic imine (C=N–C) groups is 8. The summed E-state index contributed by atoms with van der Waals surface area (Å²) in [5.74, 6) is -21.0. The number of imidazole rings is 1. The Morgan fingerprint density at radius 1 is 0.433 bits per heavy atom. The zero-order valence-corrected chi connectivity index (χ0v) is 81.0. The number of aromatic amines is 4. The number of aromatic nitrogens is 5. The van der Waals surface area contributed by atoms with Gasteiger partial charge < -0.3 is 140 Å². The number of nitrogens with one attached hydrogen (secondary N) is 11. The molecule has 0 spiro atoms. The van der Waals surface area contributed by atoms with Gasteiger partial charge in [0.2, 0.25) is 100 Å². The molecule has 47 nitrogen and oxygen atoms in total. The molecular formula is C103H115N23O24. The first-order valence-corrected chi connectivity index (χ1v) is 47.8. The van der Waals surface area contributed by atoms with Crippen LogP contribution in [0.1, 0.15) is 90.6 Å². The predicted molar refractivity (Wildman–Crippen MR) is 552 cm³/mol. The maximum atomic E-state index is 15.9. The Hall–Kier alpha value is -18.3. The molecule has 15 atom stereocenters. The number of amides is 10. The summed E-state index contributed by atoms with van der Waals surface area (Å²) in [7, 11) is 0. The van der Waals surface area contributed by atoms with Crippen molar-refractivity contribution in [1.29, 1.82) is 0 Å². The highest BCUT2D eigenvalue weighted by Gasteiger charge is 2.41. The first-order chi connectivity index (χ1) is 71.8. The third kappa shape index (κ3) is 30.0. The Balaban J connectivity index is 0.818. The maximum Gasteiger partial charge on any atom is 0.326 e. The van der Waals surface area contributed by atoms with E-state index in [2.05, 4.69) is 102 Å². The Labute approximate surface area is 854 Å². The summed E-state index contributed by atoms with van der Waals surface area (Å²) in [6.45, 7) is 0.371. The van der Waals surface area contributed by atoms with Crippen molar-refractivity contribution in [3.63, 3.8) is 0 Å². The number of aliphatic hydroxyl groups excluding tert-OH is 9. The molecule has 6 heterocycles. The van der Waals surface area contributed by atoms with Gasteiger partial charge in [0.1, 0.15) is 109 Å². The van der Waals surface area contributed by atoms with Crippen LogP contribution in [0.3, 0.4) is 0 Å². The quantitative estimate of drug-likeness (QED) is 0.0263. The van der Waals surface area contributed by atoms with Gasteiger partial charge in [0.05, 0.1) is 37.2 Å². The Morgan fingerprint density at radius 2 is 0.893 bits per heavy atom. The van der Waals surface area contributed by atoms with Gasteiger partial charge >= 0.3 is 5.97 Å².